The molecule has 0 bridgehead atoms. The topological polar surface area (TPSA) is 121 Å². The van der Waals surface area contributed by atoms with Gasteiger partial charge in [0.15, 0.2) is 0 Å². The van der Waals surface area contributed by atoms with Crippen LogP contribution >= 0.6 is 0 Å². The number of anilines is 1. The van der Waals surface area contributed by atoms with Crippen LogP contribution in [0.15, 0.2) is 85.1 Å². The minimum Gasteiger partial charge on any atom is -0.493 e. The Labute approximate surface area is 290 Å². The Morgan fingerprint density at radius 3 is 2.68 bits per heavy atom. The average Bonchev–Trinajstić information content (AvgIpc) is 3.51. The summed E-state index contributed by atoms with van der Waals surface area (Å²) >= 11 is 0. The number of carboxylic acid groups (broad SMARTS) is 1. The Kier molecular flexibility index (Phi) is 10.5. The first-order valence-corrected chi connectivity index (χ1v) is 16.8. The number of carbonyl (C=O) groups excluding carboxylic acids is 2. The number of amides is 2. The van der Waals surface area contributed by atoms with Crippen molar-refractivity contribution in [3.8, 4) is 16.9 Å². The number of hydrogen-bond acceptors (Lipinski definition) is 5. The predicted molar refractivity (Wildman–Crippen MR) is 190 cm³/mol. The van der Waals surface area contributed by atoms with Gasteiger partial charge in [0.25, 0.3) is 0 Å². The summed E-state index contributed by atoms with van der Waals surface area (Å²) in [6.45, 7) is 5.15. The fourth-order valence-electron chi connectivity index (χ4n) is 6.48. The minimum absolute atomic E-state index is 0.00886. The number of H-pyrrole nitrogens is 1. The molecule has 0 radical (unpaired) electrons. The van der Waals surface area contributed by atoms with Crippen LogP contribution in [0.2, 0.25) is 0 Å². The van der Waals surface area contributed by atoms with Crippen LogP contribution in [0.3, 0.4) is 0 Å². The first kappa shape index (κ1) is 34.2. The van der Waals surface area contributed by atoms with Gasteiger partial charge in [0.2, 0.25) is 5.91 Å². The van der Waals surface area contributed by atoms with Gasteiger partial charge < -0.3 is 29.8 Å². The number of carbonyl (C=O) groups is 3. The summed E-state index contributed by atoms with van der Waals surface area (Å²) in [5, 5.41) is 12.9. The van der Waals surface area contributed by atoms with Crippen LogP contribution in [-0.4, -0.2) is 47.3 Å². The lowest BCUT2D eigenvalue weighted by Crippen LogP contribution is -2.42. The average molecular weight is 678 g/mol. The zero-order valence-corrected chi connectivity index (χ0v) is 28.1. The molecule has 258 valence electrons. The molecule has 1 unspecified atom stereocenters. The van der Waals surface area contributed by atoms with Crippen molar-refractivity contribution in [3.63, 3.8) is 0 Å². The van der Waals surface area contributed by atoms with Gasteiger partial charge in [0.05, 0.1) is 6.61 Å². The molecule has 0 spiro atoms. The molecule has 1 aromatic heterocycles. The zero-order chi connectivity index (χ0) is 35.2. The first-order chi connectivity index (χ1) is 24.2. The highest BCUT2D eigenvalue weighted by atomic mass is 19.1. The number of hydrogen-bond donors (Lipinski definition) is 3. The molecule has 9 nitrogen and oxygen atoms in total. The van der Waals surface area contributed by atoms with Gasteiger partial charge in [-0.3, -0.25) is 4.79 Å². The van der Waals surface area contributed by atoms with Gasteiger partial charge in [-0.25, -0.2) is 14.0 Å². The molecule has 50 heavy (non-hydrogen) atoms. The van der Waals surface area contributed by atoms with Crippen molar-refractivity contribution in [2.75, 3.05) is 18.1 Å². The van der Waals surface area contributed by atoms with Crippen molar-refractivity contribution >= 4 is 34.6 Å². The van der Waals surface area contributed by atoms with E-state index in [9.17, 15) is 23.9 Å². The van der Waals surface area contributed by atoms with Crippen molar-refractivity contribution in [1.29, 1.82) is 0 Å². The number of fused-ring (bicyclic) bond motifs is 2. The summed E-state index contributed by atoms with van der Waals surface area (Å²) in [5.74, 6) is -0.701. The Hall–Kier alpha value is -5.64. The molecule has 1 atom stereocenters. The molecule has 10 heteroatoms. The number of aliphatic carboxylic acids is 1. The van der Waals surface area contributed by atoms with Crippen LogP contribution in [0.4, 0.5) is 14.9 Å². The number of benzene rings is 4. The third-order valence-electron chi connectivity index (χ3n) is 9.25. The van der Waals surface area contributed by atoms with E-state index >= 15 is 0 Å². The van der Waals surface area contributed by atoms with Gasteiger partial charge in [0.1, 0.15) is 24.2 Å². The van der Waals surface area contributed by atoms with Gasteiger partial charge in [-0.1, -0.05) is 42.5 Å². The fraction of sp³-hybridized carbons (Fsp3) is 0.275. The van der Waals surface area contributed by atoms with Crippen molar-refractivity contribution in [1.82, 2.24) is 10.3 Å². The second-order valence-corrected chi connectivity index (χ2v) is 12.6. The molecule has 6 rings (SSSR count). The second-order valence-electron chi connectivity index (χ2n) is 12.6. The first-order valence-electron chi connectivity index (χ1n) is 16.8. The summed E-state index contributed by atoms with van der Waals surface area (Å²) in [6.07, 6.45) is 3.41. The van der Waals surface area contributed by atoms with Crippen LogP contribution in [0.1, 0.15) is 47.1 Å². The van der Waals surface area contributed by atoms with Crippen LogP contribution < -0.4 is 15.0 Å². The van der Waals surface area contributed by atoms with E-state index in [1.165, 1.54) is 17.7 Å². The number of nitrogens with zero attached hydrogens (tertiary/aromatic N) is 1. The van der Waals surface area contributed by atoms with Crippen molar-refractivity contribution in [3.05, 3.63) is 119 Å². The van der Waals surface area contributed by atoms with E-state index in [0.717, 1.165) is 52.1 Å². The van der Waals surface area contributed by atoms with Crippen LogP contribution in [-0.2, 0) is 33.8 Å². The molecule has 2 heterocycles. The maximum atomic E-state index is 13.6. The van der Waals surface area contributed by atoms with E-state index in [2.05, 4.69) is 23.3 Å². The van der Waals surface area contributed by atoms with Crippen molar-refractivity contribution in [2.24, 2.45) is 0 Å². The number of ether oxygens (including phenoxy) is 2. The number of aryl methyl sites for hydroxylation is 1. The quantitative estimate of drug-likeness (QED) is 0.117. The summed E-state index contributed by atoms with van der Waals surface area (Å²) in [7, 11) is 0. The molecule has 0 saturated carbocycles. The zero-order valence-electron chi connectivity index (χ0n) is 28.1. The van der Waals surface area contributed by atoms with Crippen LogP contribution in [0.5, 0.6) is 5.75 Å². The summed E-state index contributed by atoms with van der Waals surface area (Å²) in [4.78, 5) is 42.9. The molecule has 1 aliphatic heterocycles. The van der Waals surface area contributed by atoms with Gasteiger partial charge in [-0.2, -0.15) is 0 Å². The van der Waals surface area contributed by atoms with Gasteiger partial charge in [-0.05, 0) is 108 Å². The van der Waals surface area contributed by atoms with Crippen molar-refractivity contribution in [2.45, 2.75) is 58.6 Å². The number of carboxylic acids is 1. The number of aromatic amines is 1. The number of alkyl carbamates (subject to hydrolysis) is 1. The van der Waals surface area contributed by atoms with Crippen LogP contribution in [0.25, 0.3) is 22.0 Å². The van der Waals surface area contributed by atoms with Gasteiger partial charge >= 0.3 is 12.1 Å². The molecule has 3 N–H and O–H groups in total. The molecule has 5 aromatic rings. The van der Waals surface area contributed by atoms with E-state index in [1.54, 1.807) is 12.3 Å². The maximum Gasteiger partial charge on any atom is 0.408 e. The maximum absolute atomic E-state index is 13.6. The Bertz CT molecular complexity index is 2040. The molecule has 2 amide bonds. The fourth-order valence-corrected chi connectivity index (χ4v) is 6.48. The SMILES string of the molecule is Cc1cccc(OCCCC(=O)N2CCCc3c(-c4cccc(COC(=O)NC(Cc5c[nH]c6cc(F)ccc56)C(=O)O)c4)cccc32)c1C. The third-order valence-corrected chi connectivity index (χ3v) is 9.25. The second kappa shape index (κ2) is 15.3. The number of aromatic nitrogens is 1. The smallest absolute Gasteiger partial charge is 0.408 e. The van der Waals surface area contributed by atoms with Gasteiger partial charge in [0, 0.05) is 42.2 Å². The normalized spacial score (nSPS) is 13.1. The van der Waals surface area contributed by atoms with E-state index < -0.39 is 23.9 Å². The molecule has 1 aliphatic rings. The molecular weight excluding hydrogens is 637 g/mol. The van der Waals surface area contributed by atoms with E-state index in [-0.39, 0.29) is 18.9 Å². The molecular formula is C40H40FN3O6. The number of halogens is 1. The number of rotatable bonds is 12. The highest BCUT2D eigenvalue weighted by Gasteiger charge is 2.25. The third kappa shape index (κ3) is 7.80. The van der Waals surface area contributed by atoms with Crippen molar-refractivity contribution < 1.29 is 33.4 Å². The van der Waals surface area contributed by atoms with E-state index in [4.69, 9.17) is 9.47 Å². The lowest BCUT2D eigenvalue weighted by Gasteiger charge is -2.31. The summed E-state index contributed by atoms with van der Waals surface area (Å²) in [5.41, 5.74) is 8.13. The molecule has 4 aromatic carbocycles. The predicted octanol–water partition coefficient (Wildman–Crippen LogP) is 7.65. The van der Waals surface area contributed by atoms with Gasteiger partial charge in [-0.15, -0.1) is 0 Å². The van der Waals surface area contributed by atoms with E-state index in [1.807, 2.05) is 66.4 Å². The highest BCUT2D eigenvalue weighted by Crippen LogP contribution is 2.36. The Balaban J connectivity index is 1.07. The van der Waals surface area contributed by atoms with E-state index in [0.29, 0.717) is 42.5 Å². The standard InChI is InChI=1S/C40H40FN3O6/c1-25-8-3-14-37(26(25)2)49-19-7-15-38(45)44-18-6-12-33-31(11-5-13-36(33)44)28-10-4-9-27(20-28)24-50-40(48)43-35(39(46)47)21-29-23-42-34-22-30(41)16-17-32(29)34/h3-5,8-11,13-14,16-17,20,22-23,35,42H,6-7,12,15,18-19,21,24H2,1-2H3,(H,43,48)(H,46,47). The monoisotopic (exact) mass is 677 g/mol. The lowest BCUT2D eigenvalue weighted by atomic mass is 9.91. The summed E-state index contributed by atoms with van der Waals surface area (Å²) < 4.78 is 25.0. The molecule has 0 fully saturated rings. The molecule has 0 saturated heterocycles. The van der Waals surface area contributed by atoms with Crippen LogP contribution in [0, 0.1) is 19.7 Å². The lowest BCUT2D eigenvalue weighted by molar-refractivity contribution is -0.139. The Morgan fingerprint density at radius 2 is 1.84 bits per heavy atom. The largest absolute Gasteiger partial charge is 0.493 e. The summed E-state index contributed by atoms with van der Waals surface area (Å²) in [6, 6.07) is 22.6. The highest BCUT2D eigenvalue weighted by molar-refractivity contribution is 5.96. The Morgan fingerprint density at radius 1 is 1.02 bits per heavy atom. The minimum atomic E-state index is -1.25. The number of nitrogens with one attached hydrogen (secondary N) is 2. The molecule has 0 aliphatic carbocycles.